The number of carbonyl (C=O) groups is 1. The Morgan fingerprint density at radius 1 is 1.50 bits per heavy atom. The fraction of sp³-hybridized carbons (Fsp3) is 0.231. The molecule has 0 aliphatic rings. The lowest BCUT2D eigenvalue weighted by Crippen LogP contribution is -2.17. The molecule has 0 saturated heterocycles. The van der Waals surface area contributed by atoms with Crippen LogP contribution in [-0.2, 0) is 0 Å². The molecule has 0 fully saturated rings. The van der Waals surface area contributed by atoms with Crippen LogP contribution in [0.15, 0.2) is 43.0 Å². The number of carbonyl (C=O) groups excluding carboxylic acids is 1. The minimum Gasteiger partial charge on any atom is -0.494 e. The number of benzene rings is 1. The maximum absolute atomic E-state index is 11.8. The Morgan fingerprint density at radius 3 is 3.11 bits per heavy atom. The van der Waals surface area contributed by atoms with Gasteiger partial charge in [-0.05, 0) is 18.6 Å². The van der Waals surface area contributed by atoms with Crippen molar-refractivity contribution in [3.8, 4) is 5.75 Å². The summed E-state index contributed by atoms with van der Waals surface area (Å²) in [5, 5.41) is 2.77. The topological polar surface area (TPSA) is 56.1 Å². The van der Waals surface area contributed by atoms with Gasteiger partial charge in [-0.1, -0.05) is 13.0 Å². The number of ether oxygens (including phenoxy) is 1. The van der Waals surface area contributed by atoms with Gasteiger partial charge in [0.15, 0.2) is 0 Å². The highest BCUT2D eigenvalue weighted by Gasteiger charge is 2.04. The van der Waals surface area contributed by atoms with E-state index in [1.54, 1.807) is 18.5 Å². The Morgan fingerprint density at radius 2 is 2.39 bits per heavy atom. The SMILES string of the molecule is CCCOc1cccc(NC(=O)n2ccnc2)c1. The first-order valence-corrected chi connectivity index (χ1v) is 5.82. The average molecular weight is 245 g/mol. The molecule has 2 aromatic rings. The molecule has 18 heavy (non-hydrogen) atoms. The summed E-state index contributed by atoms with van der Waals surface area (Å²) in [4.78, 5) is 15.6. The molecule has 5 heteroatoms. The predicted molar refractivity (Wildman–Crippen MR) is 68.9 cm³/mol. The molecule has 2 rings (SSSR count). The van der Waals surface area contributed by atoms with Gasteiger partial charge in [0.2, 0.25) is 0 Å². The van der Waals surface area contributed by atoms with Gasteiger partial charge >= 0.3 is 6.03 Å². The van der Waals surface area contributed by atoms with Crippen molar-refractivity contribution in [2.24, 2.45) is 0 Å². The second kappa shape index (κ2) is 5.86. The van der Waals surface area contributed by atoms with Gasteiger partial charge in [0.05, 0.1) is 6.61 Å². The highest BCUT2D eigenvalue weighted by molar-refractivity contribution is 5.91. The van der Waals surface area contributed by atoms with Gasteiger partial charge in [-0.25, -0.2) is 9.78 Å². The second-order valence-corrected chi connectivity index (χ2v) is 3.78. The minimum atomic E-state index is -0.250. The van der Waals surface area contributed by atoms with Gasteiger partial charge in [-0.3, -0.25) is 4.57 Å². The third-order valence-corrected chi connectivity index (χ3v) is 2.30. The van der Waals surface area contributed by atoms with E-state index in [0.717, 1.165) is 12.2 Å². The minimum absolute atomic E-state index is 0.250. The molecule has 1 N–H and O–H groups in total. The summed E-state index contributed by atoms with van der Waals surface area (Å²) in [6.07, 6.45) is 5.55. The summed E-state index contributed by atoms with van der Waals surface area (Å²) in [7, 11) is 0. The Hall–Kier alpha value is -2.30. The number of nitrogens with one attached hydrogen (secondary N) is 1. The predicted octanol–water partition coefficient (Wildman–Crippen LogP) is 2.75. The monoisotopic (exact) mass is 245 g/mol. The molecule has 0 unspecified atom stereocenters. The third-order valence-electron chi connectivity index (χ3n) is 2.30. The normalized spacial score (nSPS) is 10.1. The molecule has 0 atom stereocenters. The molecule has 1 heterocycles. The molecule has 5 nitrogen and oxygen atoms in total. The van der Waals surface area contributed by atoms with Crippen LogP contribution in [0.25, 0.3) is 0 Å². The standard InChI is InChI=1S/C13H15N3O2/c1-2-8-18-12-5-3-4-11(9-12)15-13(17)16-7-6-14-10-16/h3-7,9-10H,2,8H2,1H3,(H,15,17). The van der Waals surface area contributed by atoms with Crippen LogP contribution in [0.2, 0.25) is 0 Å². The Kier molecular flexibility index (Phi) is 3.96. The van der Waals surface area contributed by atoms with Crippen molar-refractivity contribution in [2.75, 3.05) is 11.9 Å². The van der Waals surface area contributed by atoms with Gasteiger partial charge in [0.1, 0.15) is 12.1 Å². The molecule has 0 aliphatic heterocycles. The number of hydrogen-bond donors (Lipinski definition) is 1. The Bertz CT molecular complexity index is 509. The lowest BCUT2D eigenvalue weighted by molar-refractivity contribution is 0.253. The summed E-state index contributed by atoms with van der Waals surface area (Å²) >= 11 is 0. The van der Waals surface area contributed by atoms with Crippen LogP contribution in [-0.4, -0.2) is 22.2 Å². The van der Waals surface area contributed by atoms with Gasteiger partial charge in [0, 0.05) is 24.1 Å². The lowest BCUT2D eigenvalue weighted by atomic mass is 10.3. The van der Waals surface area contributed by atoms with Crippen LogP contribution in [0, 0.1) is 0 Å². The van der Waals surface area contributed by atoms with Gasteiger partial charge in [-0.2, -0.15) is 0 Å². The van der Waals surface area contributed by atoms with Gasteiger partial charge in [-0.15, -0.1) is 0 Å². The first-order valence-electron chi connectivity index (χ1n) is 5.82. The van der Waals surface area contributed by atoms with Crippen molar-refractivity contribution >= 4 is 11.7 Å². The zero-order valence-corrected chi connectivity index (χ0v) is 10.2. The fourth-order valence-corrected chi connectivity index (χ4v) is 1.45. The van der Waals surface area contributed by atoms with Crippen LogP contribution >= 0.6 is 0 Å². The largest absolute Gasteiger partial charge is 0.494 e. The van der Waals surface area contributed by atoms with E-state index >= 15 is 0 Å². The van der Waals surface area contributed by atoms with E-state index in [1.807, 2.05) is 25.1 Å². The smallest absolute Gasteiger partial charge is 0.331 e. The zero-order chi connectivity index (χ0) is 12.8. The van der Waals surface area contributed by atoms with E-state index in [1.165, 1.54) is 10.9 Å². The quantitative estimate of drug-likeness (QED) is 0.901. The van der Waals surface area contributed by atoms with Crippen LogP contribution in [0.4, 0.5) is 10.5 Å². The van der Waals surface area contributed by atoms with Gasteiger partial charge < -0.3 is 10.1 Å². The Labute approximate surface area is 105 Å². The highest BCUT2D eigenvalue weighted by atomic mass is 16.5. The number of aromatic nitrogens is 2. The molecule has 0 saturated carbocycles. The van der Waals surface area contributed by atoms with E-state index in [2.05, 4.69) is 10.3 Å². The molecule has 0 aliphatic carbocycles. The zero-order valence-electron chi connectivity index (χ0n) is 10.2. The van der Waals surface area contributed by atoms with Crippen molar-refractivity contribution in [1.82, 2.24) is 9.55 Å². The maximum Gasteiger partial charge on any atom is 0.331 e. The number of imidazole rings is 1. The number of nitrogens with zero attached hydrogens (tertiary/aromatic N) is 2. The maximum atomic E-state index is 11.8. The molecule has 0 spiro atoms. The lowest BCUT2D eigenvalue weighted by Gasteiger charge is -2.08. The second-order valence-electron chi connectivity index (χ2n) is 3.78. The average Bonchev–Trinajstić information content (AvgIpc) is 2.91. The Balaban J connectivity index is 2.03. The van der Waals surface area contributed by atoms with E-state index in [0.29, 0.717) is 12.3 Å². The van der Waals surface area contributed by atoms with E-state index < -0.39 is 0 Å². The first kappa shape index (κ1) is 12.2. The number of rotatable bonds is 4. The molecule has 1 amide bonds. The molecular weight excluding hydrogens is 230 g/mol. The van der Waals surface area contributed by atoms with Crippen LogP contribution in [0.5, 0.6) is 5.75 Å². The van der Waals surface area contributed by atoms with Gasteiger partial charge in [0.25, 0.3) is 0 Å². The van der Waals surface area contributed by atoms with Crippen molar-refractivity contribution in [1.29, 1.82) is 0 Å². The van der Waals surface area contributed by atoms with E-state index in [4.69, 9.17) is 4.74 Å². The fourth-order valence-electron chi connectivity index (χ4n) is 1.45. The third kappa shape index (κ3) is 3.10. The summed E-state index contributed by atoms with van der Waals surface area (Å²) < 4.78 is 6.87. The van der Waals surface area contributed by atoms with Crippen molar-refractivity contribution in [3.05, 3.63) is 43.0 Å². The first-order chi connectivity index (χ1) is 8.79. The summed E-state index contributed by atoms with van der Waals surface area (Å²) in [5.41, 5.74) is 0.697. The molecule has 1 aromatic heterocycles. The number of amides is 1. The van der Waals surface area contributed by atoms with E-state index in [9.17, 15) is 4.79 Å². The van der Waals surface area contributed by atoms with Crippen molar-refractivity contribution < 1.29 is 9.53 Å². The van der Waals surface area contributed by atoms with E-state index in [-0.39, 0.29) is 6.03 Å². The van der Waals surface area contributed by atoms with Crippen LogP contribution < -0.4 is 10.1 Å². The molecule has 94 valence electrons. The molecule has 0 radical (unpaired) electrons. The molecular formula is C13H15N3O2. The number of hydrogen-bond acceptors (Lipinski definition) is 3. The summed E-state index contributed by atoms with van der Waals surface area (Å²) in [6.45, 7) is 2.71. The van der Waals surface area contributed by atoms with Crippen LogP contribution in [0.1, 0.15) is 13.3 Å². The molecule has 1 aromatic carbocycles. The highest BCUT2D eigenvalue weighted by Crippen LogP contribution is 2.17. The number of anilines is 1. The summed E-state index contributed by atoms with van der Waals surface area (Å²) in [5.74, 6) is 0.750. The van der Waals surface area contributed by atoms with Crippen molar-refractivity contribution in [2.45, 2.75) is 13.3 Å². The van der Waals surface area contributed by atoms with Crippen LogP contribution in [0.3, 0.4) is 0 Å². The van der Waals surface area contributed by atoms with Crippen molar-refractivity contribution in [3.63, 3.8) is 0 Å². The molecule has 0 bridgehead atoms. The summed E-state index contributed by atoms with van der Waals surface area (Å²) in [6, 6.07) is 7.06.